The Labute approximate surface area is 110 Å². The second-order valence-corrected chi connectivity index (χ2v) is 4.03. The van der Waals surface area contributed by atoms with Crippen molar-refractivity contribution in [3.8, 4) is 0 Å². The highest BCUT2D eigenvalue weighted by molar-refractivity contribution is 6.29. The maximum atomic E-state index is 10.5. The lowest BCUT2D eigenvalue weighted by Gasteiger charge is -2.17. The Morgan fingerprint density at radius 2 is 2.39 bits per heavy atom. The highest BCUT2D eigenvalue weighted by Crippen LogP contribution is 2.14. The second-order valence-electron chi connectivity index (χ2n) is 3.64. The van der Waals surface area contributed by atoms with E-state index in [1.165, 1.54) is 0 Å². The lowest BCUT2D eigenvalue weighted by molar-refractivity contribution is -0.404. The van der Waals surface area contributed by atoms with Gasteiger partial charge in [0.05, 0.1) is 11.0 Å². The van der Waals surface area contributed by atoms with Crippen molar-refractivity contribution in [2.45, 2.75) is 19.9 Å². The fraction of sp³-hybridized carbons (Fsp3) is 0.364. The molecular weight excluding hydrogens is 256 g/mol. The fourth-order valence-electron chi connectivity index (χ4n) is 1.39. The molecule has 0 fully saturated rings. The molecule has 2 N–H and O–H groups in total. The molecule has 1 aromatic rings. The quantitative estimate of drug-likeness (QED) is 0.470. The van der Waals surface area contributed by atoms with E-state index in [9.17, 15) is 10.1 Å². The number of nitrogens with zero attached hydrogens (tertiary/aromatic N) is 2. The van der Waals surface area contributed by atoms with Crippen LogP contribution >= 0.6 is 11.6 Å². The van der Waals surface area contributed by atoms with Crippen molar-refractivity contribution in [2.75, 3.05) is 6.54 Å². The molecule has 0 bridgehead atoms. The Bertz CT molecular complexity index is 433. The third-order valence-electron chi connectivity index (χ3n) is 2.22. The van der Waals surface area contributed by atoms with Gasteiger partial charge < -0.3 is 10.6 Å². The molecule has 0 saturated carbocycles. The van der Waals surface area contributed by atoms with Crippen LogP contribution in [0.25, 0.3) is 0 Å². The van der Waals surface area contributed by atoms with Gasteiger partial charge in [-0.25, -0.2) is 4.98 Å². The van der Waals surface area contributed by atoms with E-state index in [0.717, 1.165) is 11.8 Å². The van der Waals surface area contributed by atoms with E-state index in [-0.39, 0.29) is 6.04 Å². The topological polar surface area (TPSA) is 80.1 Å². The van der Waals surface area contributed by atoms with Crippen molar-refractivity contribution >= 4 is 11.6 Å². The molecule has 0 saturated heterocycles. The number of nitro groups is 1. The summed E-state index contributed by atoms with van der Waals surface area (Å²) in [6.45, 7) is 4.35. The van der Waals surface area contributed by atoms with E-state index >= 15 is 0 Å². The van der Waals surface area contributed by atoms with Crippen LogP contribution in [-0.4, -0.2) is 16.5 Å². The number of nitrogens with one attached hydrogen (secondary N) is 2. The monoisotopic (exact) mass is 270 g/mol. The molecule has 1 atom stereocenters. The van der Waals surface area contributed by atoms with Crippen molar-refractivity contribution in [2.24, 2.45) is 0 Å². The zero-order valence-electron chi connectivity index (χ0n) is 10.2. The highest BCUT2D eigenvalue weighted by Gasteiger charge is 2.09. The smallest absolute Gasteiger partial charge is 0.274 e. The van der Waals surface area contributed by atoms with Crippen LogP contribution in [0.2, 0.25) is 5.15 Å². The first-order valence-corrected chi connectivity index (χ1v) is 5.88. The number of aromatic nitrogens is 1. The van der Waals surface area contributed by atoms with Gasteiger partial charge in [-0.1, -0.05) is 17.7 Å². The predicted octanol–water partition coefficient (Wildman–Crippen LogP) is 2.07. The fourth-order valence-corrected chi connectivity index (χ4v) is 1.50. The average Bonchev–Trinajstić information content (AvgIpc) is 2.29. The summed E-state index contributed by atoms with van der Waals surface area (Å²) in [6, 6.07) is 3.39. The maximum Gasteiger partial charge on any atom is 0.274 e. The molecule has 1 unspecified atom stereocenters. The summed E-state index contributed by atoms with van der Waals surface area (Å²) in [5.74, 6) is 0.366. The van der Waals surface area contributed by atoms with Crippen LogP contribution in [0.4, 0.5) is 0 Å². The van der Waals surface area contributed by atoms with Crippen molar-refractivity contribution < 1.29 is 4.92 Å². The van der Waals surface area contributed by atoms with E-state index in [1.807, 2.05) is 19.9 Å². The van der Waals surface area contributed by atoms with E-state index < -0.39 is 4.92 Å². The standard InChI is InChI=1S/C11H15ClN4O2/c1-3-13-11(7-16(17)18)15-8(2)9-4-5-10(12)14-6-9/h4-8,13,15H,3H2,1-2H3/b11-7+. The molecule has 0 aromatic carbocycles. The van der Waals surface area contributed by atoms with Gasteiger partial charge in [-0.05, 0) is 25.5 Å². The van der Waals surface area contributed by atoms with Gasteiger partial charge in [0, 0.05) is 12.7 Å². The Morgan fingerprint density at radius 3 is 2.89 bits per heavy atom. The largest absolute Gasteiger partial charge is 0.367 e. The lowest BCUT2D eigenvalue weighted by atomic mass is 10.1. The van der Waals surface area contributed by atoms with Crippen LogP contribution in [0.1, 0.15) is 25.5 Å². The third-order valence-corrected chi connectivity index (χ3v) is 2.45. The Kier molecular flexibility index (Phi) is 5.38. The molecule has 7 heteroatoms. The van der Waals surface area contributed by atoms with Gasteiger partial charge in [0.25, 0.3) is 6.20 Å². The van der Waals surface area contributed by atoms with Gasteiger partial charge in [-0.2, -0.15) is 0 Å². The Balaban J connectivity index is 2.74. The molecule has 0 aliphatic carbocycles. The summed E-state index contributed by atoms with van der Waals surface area (Å²) in [5.41, 5.74) is 0.895. The molecule has 0 radical (unpaired) electrons. The van der Waals surface area contributed by atoms with E-state index in [0.29, 0.717) is 17.5 Å². The molecule has 0 aliphatic rings. The van der Waals surface area contributed by atoms with E-state index in [2.05, 4.69) is 15.6 Å². The summed E-state index contributed by atoms with van der Waals surface area (Å²) >= 11 is 5.70. The van der Waals surface area contributed by atoms with Gasteiger partial charge in [0.15, 0.2) is 5.82 Å². The zero-order valence-corrected chi connectivity index (χ0v) is 10.9. The molecule has 98 valence electrons. The van der Waals surface area contributed by atoms with E-state index in [4.69, 9.17) is 11.6 Å². The van der Waals surface area contributed by atoms with E-state index in [1.54, 1.807) is 12.3 Å². The number of hydrogen-bond acceptors (Lipinski definition) is 5. The third kappa shape index (κ3) is 4.58. The Morgan fingerprint density at radius 1 is 1.67 bits per heavy atom. The first-order valence-electron chi connectivity index (χ1n) is 5.50. The molecule has 0 spiro atoms. The van der Waals surface area contributed by atoms with Crippen LogP contribution in [0.15, 0.2) is 30.4 Å². The molecule has 0 aliphatic heterocycles. The highest BCUT2D eigenvalue weighted by atomic mass is 35.5. The molecule has 0 amide bonds. The molecule has 1 aromatic heterocycles. The van der Waals surface area contributed by atoms with Crippen LogP contribution < -0.4 is 10.6 Å². The number of pyridine rings is 1. The summed E-state index contributed by atoms with van der Waals surface area (Å²) in [7, 11) is 0. The first-order chi connectivity index (χ1) is 8.52. The number of hydrogen-bond donors (Lipinski definition) is 2. The average molecular weight is 271 g/mol. The van der Waals surface area contributed by atoms with Gasteiger partial charge in [-0.3, -0.25) is 10.1 Å². The first kappa shape index (κ1) is 14.2. The molecule has 18 heavy (non-hydrogen) atoms. The van der Waals surface area contributed by atoms with Crippen LogP contribution in [0.3, 0.4) is 0 Å². The molecule has 1 heterocycles. The van der Waals surface area contributed by atoms with Crippen molar-refractivity contribution in [3.05, 3.63) is 51.2 Å². The van der Waals surface area contributed by atoms with Gasteiger partial charge in [0.1, 0.15) is 5.15 Å². The Hall–Kier alpha value is -1.82. The minimum atomic E-state index is -0.502. The van der Waals surface area contributed by atoms with Gasteiger partial charge in [0.2, 0.25) is 0 Å². The minimum absolute atomic E-state index is 0.111. The lowest BCUT2D eigenvalue weighted by Crippen LogP contribution is -2.29. The van der Waals surface area contributed by atoms with Crippen molar-refractivity contribution in [1.82, 2.24) is 15.6 Å². The minimum Gasteiger partial charge on any atom is -0.367 e. The van der Waals surface area contributed by atoms with Crippen molar-refractivity contribution in [3.63, 3.8) is 0 Å². The van der Waals surface area contributed by atoms with Crippen LogP contribution in [-0.2, 0) is 0 Å². The van der Waals surface area contributed by atoms with Gasteiger partial charge >= 0.3 is 0 Å². The molecular formula is C11H15ClN4O2. The number of rotatable bonds is 6. The van der Waals surface area contributed by atoms with Crippen LogP contribution in [0.5, 0.6) is 0 Å². The normalized spacial score (nSPS) is 12.9. The van der Waals surface area contributed by atoms with Gasteiger partial charge in [-0.15, -0.1) is 0 Å². The number of halogens is 1. The SMILES string of the molecule is CCN/C(=C\[N+](=O)[O-])NC(C)c1ccc(Cl)nc1. The van der Waals surface area contributed by atoms with Crippen LogP contribution in [0, 0.1) is 10.1 Å². The molecule has 6 nitrogen and oxygen atoms in total. The summed E-state index contributed by atoms with van der Waals surface area (Å²) in [6.07, 6.45) is 2.54. The summed E-state index contributed by atoms with van der Waals surface area (Å²) in [4.78, 5) is 13.9. The maximum absolute atomic E-state index is 10.5. The predicted molar refractivity (Wildman–Crippen MR) is 69.6 cm³/mol. The van der Waals surface area contributed by atoms with Crippen molar-refractivity contribution in [1.29, 1.82) is 0 Å². The molecule has 1 rings (SSSR count). The second kappa shape index (κ2) is 6.80. The zero-order chi connectivity index (χ0) is 13.5. The summed E-state index contributed by atoms with van der Waals surface area (Å²) < 4.78 is 0. The summed E-state index contributed by atoms with van der Waals surface area (Å²) in [5, 5.41) is 16.8.